The summed E-state index contributed by atoms with van der Waals surface area (Å²) >= 11 is 0. The van der Waals surface area contributed by atoms with Gasteiger partial charge < -0.3 is 0 Å². The van der Waals surface area contributed by atoms with Gasteiger partial charge in [0.15, 0.2) is 0 Å². The van der Waals surface area contributed by atoms with Gasteiger partial charge in [0, 0.05) is 0 Å². The summed E-state index contributed by atoms with van der Waals surface area (Å²) in [5, 5.41) is 0. The normalized spacial score (nSPS) is 31.3. The van der Waals surface area contributed by atoms with Crippen molar-refractivity contribution in [2.45, 2.75) is 38.5 Å². The molecule has 23 heavy (non-hydrogen) atoms. The highest BCUT2D eigenvalue weighted by atomic mass is 32.2. The monoisotopic (exact) mass is 335 g/mol. The van der Waals surface area contributed by atoms with Gasteiger partial charge in [0.1, 0.15) is 0 Å². The molecule has 1 aromatic carbocycles. The van der Waals surface area contributed by atoms with Crippen LogP contribution in [0.15, 0.2) is 29.2 Å². The first-order chi connectivity index (χ1) is 10.7. The first kappa shape index (κ1) is 16.2. The number of benzene rings is 1. The third-order valence-corrected chi connectivity index (χ3v) is 7.01. The summed E-state index contributed by atoms with van der Waals surface area (Å²) in [6.45, 7) is 5.95. The van der Waals surface area contributed by atoms with E-state index in [0.717, 1.165) is 5.56 Å². The molecule has 2 fully saturated rings. The van der Waals surface area contributed by atoms with Gasteiger partial charge in [-0.15, -0.1) is 0 Å². The summed E-state index contributed by atoms with van der Waals surface area (Å²) in [6.07, 6.45) is 1.16. The van der Waals surface area contributed by atoms with Gasteiger partial charge in [-0.2, -0.15) is 4.31 Å². The SMILES string of the molecule is Cc1ccc(S(=O)(=O)N2C(=O)C3CC(C)C(C)CC3C2=O)cc1. The quantitative estimate of drug-likeness (QED) is 0.778. The lowest BCUT2D eigenvalue weighted by Gasteiger charge is -2.31. The van der Waals surface area contributed by atoms with Gasteiger partial charge in [-0.05, 0) is 43.7 Å². The molecule has 0 N–H and O–H groups in total. The second-order valence-corrected chi connectivity index (χ2v) is 8.68. The summed E-state index contributed by atoms with van der Waals surface area (Å²) in [7, 11) is -4.11. The van der Waals surface area contributed by atoms with E-state index in [1.165, 1.54) is 12.1 Å². The van der Waals surface area contributed by atoms with Crippen LogP contribution in [0.4, 0.5) is 0 Å². The zero-order valence-electron chi connectivity index (χ0n) is 13.5. The number of rotatable bonds is 2. The maximum atomic E-state index is 12.8. The molecule has 5 nitrogen and oxygen atoms in total. The molecular formula is C17H21NO4S. The lowest BCUT2D eigenvalue weighted by Crippen LogP contribution is -2.37. The van der Waals surface area contributed by atoms with Crippen LogP contribution < -0.4 is 0 Å². The molecule has 1 aromatic rings. The molecule has 4 unspecified atom stereocenters. The fourth-order valence-electron chi connectivity index (χ4n) is 3.60. The van der Waals surface area contributed by atoms with Crippen LogP contribution in [0, 0.1) is 30.6 Å². The molecule has 124 valence electrons. The van der Waals surface area contributed by atoms with E-state index < -0.39 is 33.7 Å². The summed E-state index contributed by atoms with van der Waals surface area (Å²) in [5.41, 5.74) is 0.916. The van der Waals surface area contributed by atoms with Gasteiger partial charge in [0.25, 0.3) is 10.0 Å². The van der Waals surface area contributed by atoms with Crippen LogP contribution in [0.1, 0.15) is 32.3 Å². The van der Waals surface area contributed by atoms with E-state index in [9.17, 15) is 18.0 Å². The van der Waals surface area contributed by atoms with E-state index in [-0.39, 0.29) is 4.90 Å². The molecule has 0 bridgehead atoms. The Morgan fingerprint density at radius 1 is 0.913 bits per heavy atom. The first-order valence-corrected chi connectivity index (χ1v) is 9.37. The summed E-state index contributed by atoms with van der Waals surface area (Å²) in [6, 6.07) is 6.21. The minimum absolute atomic E-state index is 0.00968. The Kier molecular flexibility index (Phi) is 3.83. The number of amides is 2. The molecule has 6 heteroatoms. The number of carbonyl (C=O) groups is 2. The Morgan fingerprint density at radius 2 is 1.35 bits per heavy atom. The van der Waals surface area contributed by atoms with Gasteiger partial charge in [-0.1, -0.05) is 31.5 Å². The van der Waals surface area contributed by atoms with Crippen LogP contribution in [0.5, 0.6) is 0 Å². The lowest BCUT2D eigenvalue weighted by atomic mass is 9.70. The molecule has 1 aliphatic carbocycles. The first-order valence-electron chi connectivity index (χ1n) is 7.93. The van der Waals surface area contributed by atoms with Crippen molar-refractivity contribution in [1.29, 1.82) is 0 Å². The second-order valence-electron chi connectivity index (χ2n) is 6.90. The second kappa shape index (κ2) is 5.44. The number of carbonyl (C=O) groups excluding carboxylic acids is 2. The molecule has 0 aromatic heterocycles. The fourth-order valence-corrected chi connectivity index (χ4v) is 5.04. The predicted octanol–water partition coefficient (Wildman–Crippen LogP) is 2.35. The van der Waals surface area contributed by atoms with Crippen LogP contribution in [-0.2, 0) is 19.6 Å². The molecule has 0 spiro atoms. The van der Waals surface area contributed by atoms with Crippen molar-refractivity contribution in [2.75, 3.05) is 0 Å². The van der Waals surface area contributed by atoms with Crippen LogP contribution >= 0.6 is 0 Å². The maximum absolute atomic E-state index is 12.8. The van der Waals surface area contributed by atoms with Crippen molar-refractivity contribution < 1.29 is 18.0 Å². The average Bonchev–Trinajstić information content (AvgIpc) is 2.72. The Morgan fingerprint density at radius 3 is 1.78 bits per heavy atom. The highest BCUT2D eigenvalue weighted by Crippen LogP contribution is 2.44. The number of nitrogens with zero attached hydrogens (tertiary/aromatic N) is 1. The van der Waals surface area contributed by atoms with E-state index in [4.69, 9.17) is 0 Å². The smallest absolute Gasteiger partial charge is 0.273 e. The highest BCUT2D eigenvalue weighted by molar-refractivity contribution is 7.90. The van der Waals surface area contributed by atoms with Crippen molar-refractivity contribution in [3.8, 4) is 0 Å². The average molecular weight is 335 g/mol. The van der Waals surface area contributed by atoms with Gasteiger partial charge in [0.2, 0.25) is 11.8 Å². The van der Waals surface area contributed by atoms with Crippen LogP contribution in [-0.4, -0.2) is 24.5 Å². The molecule has 2 amide bonds. The number of hydrogen-bond acceptors (Lipinski definition) is 4. The predicted molar refractivity (Wildman–Crippen MR) is 84.8 cm³/mol. The largest absolute Gasteiger partial charge is 0.273 e. The van der Waals surface area contributed by atoms with E-state index in [1.807, 2.05) is 6.92 Å². The zero-order valence-corrected chi connectivity index (χ0v) is 14.3. The van der Waals surface area contributed by atoms with Crippen LogP contribution in [0.25, 0.3) is 0 Å². The van der Waals surface area contributed by atoms with Crippen LogP contribution in [0.2, 0.25) is 0 Å². The lowest BCUT2D eigenvalue weighted by molar-refractivity contribution is -0.133. The third-order valence-electron chi connectivity index (χ3n) is 5.30. The van der Waals surface area contributed by atoms with Crippen molar-refractivity contribution in [1.82, 2.24) is 4.31 Å². The molecule has 1 heterocycles. The molecule has 1 saturated heterocycles. The maximum Gasteiger partial charge on any atom is 0.273 e. The third kappa shape index (κ3) is 2.49. The molecule has 0 radical (unpaired) electrons. The number of aryl methyl sites for hydroxylation is 1. The molecular weight excluding hydrogens is 314 g/mol. The molecule has 3 rings (SSSR count). The number of imide groups is 1. The van der Waals surface area contributed by atoms with Crippen molar-refractivity contribution in [3.05, 3.63) is 29.8 Å². The zero-order chi connectivity index (χ0) is 16.9. The van der Waals surface area contributed by atoms with Crippen molar-refractivity contribution in [3.63, 3.8) is 0 Å². The van der Waals surface area contributed by atoms with Crippen molar-refractivity contribution in [2.24, 2.45) is 23.7 Å². The van der Waals surface area contributed by atoms with E-state index >= 15 is 0 Å². The fraction of sp³-hybridized carbons (Fsp3) is 0.529. The Bertz CT molecular complexity index is 725. The molecule has 1 aliphatic heterocycles. The summed E-state index contributed by atoms with van der Waals surface area (Å²) < 4.78 is 26.0. The number of fused-ring (bicyclic) bond motifs is 1. The Labute approximate surface area is 136 Å². The number of hydrogen-bond donors (Lipinski definition) is 0. The summed E-state index contributed by atoms with van der Waals surface area (Å²) in [4.78, 5) is 25.2. The van der Waals surface area contributed by atoms with Gasteiger partial charge >= 0.3 is 0 Å². The molecule has 4 atom stereocenters. The van der Waals surface area contributed by atoms with Gasteiger partial charge in [-0.25, -0.2) is 8.42 Å². The highest BCUT2D eigenvalue weighted by Gasteiger charge is 2.55. The summed E-state index contributed by atoms with van der Waals surface area (Å²) in [5.74, 6) is -1.47. The van der Waals surface area contributed by atoms with Gasteiger partial charge in [-0.3, -0.25) is 9.59 Å². The Hall–Kier alpha value is -1.69. The van der Waals surface area contributed by atoms with E-state index in [2.05, 4.69) is 13.8 Å². The van der Waals surface area contributed by atoms with Crippen molar-refractivity contribution >= 4 is 21.8 Å². The van der Waals surface area contributed by atoms with Crippen LogP contribution in [0.3, 0.4) is 0 Å². The van der Waals surface area contributed by atoms with E-state index in [0.29, 0.717) is 29.0 Å². The minimum Gasteiger partial charge on any atom is -0.273 e. The molecule has 1 saturated carbocycles. The minimum atomic E-state index is -4.11. The Balaban J connectivity index is 1.98. The molecule has 2 aliphatic rings. The van der Waals surface area contributed by atoms with E-state index in [1.54, 1.807) is 12.1 Å². The van der Waals surface area contributed by atoms with Gasteiger partial charge in [0.05, 0.1) is 16.7 Å². The standard InChI is InChI=1S/C17H21NO4S/c1-10-4-6-13(7-5-10)23(21,22)18-16(19)14-8-11(2)12(3)9-15(14)17(18)20/h4-7,11-12,14-15H,8-9H2,1-3H3. The topological polar surface area (TPSA) is 71.5 Å². The number of sulfonamides is 1.